The first-order valence-corrected chi connectivity index (χ1v) is 6.75. The zero-order chi connectivity index (χ0) is 13.0. The van der Waals surface area contributed by atoms with Crippen LogP contribution in [0.15, 0.2) is 24.3 Å². The molecule has 1 aliphatic heterocycles. The van der Waals surface area contributed by atoms with Gasteiger partial charge < -0.3 is 10.6 Å². The van der Waals surface area contributed by atoms with Crippen molar-refractivity contribution in [2.24, 2.45) is 5.92 Å². The van der Waals surface area contributed by atoms with Gasteiger partial charge in [-0.05, 0) is 57.8 Å². The molecule has 1 amide bonds. The van der Waals surface area contributed by atoms with Crippen molar-refractivity contribution < 1.29 is 4.79 Å². The first-order chi connectivity index (χ1) is 8.66. The fraction of sp³-hybridized carbons (Fsp3) is 0.533. The van der Waals surface area contributed by atoms with Crippen LogP contribution in [0, 0.1) is 12.8 Å². The summed E-state index contributed by atoms with van der Waals surface area (Å²) in [5, 5.41) is 6.50. The van der Waals surface area contributed by atoms with Crippen LogP contribution in [0.5, 0.6) is 0 Å². The first-order valence-electron chi connectivity index (χ1n) is 6.75. The Hall–Kier alpha value is -1.35. The lowest BCUT2D eigenvalue weighted by Gasteiger charge is -2.29. The van der Waals surface area contributed by atoms with E-state index < -0.39 is 0 Å². The summed E-state index contributed by atoms with van der Waals surface area (Å²) >= 11 is 0. The Balaban J connectivity index is 1.94. The van der Waals surface area contributed by atoms with Crippen molar-refractivity contribution >= 4 is 5.91 Å². The summed E-state index contributed by atoms with van der Waals surface area (Å²) in [5.74, 6) is 0.587. The van der Waals surface area contributed by atoms with Gasteiger partial charge in [-0.1, -0.05) is 17.7 Å². The highest BCUT2D eigenvalue weighted by Crippen LogP contribution is 2.14. The SMILES string of the molecule is Cc1cccc(C(=O)NC(C)C2CCCNC2)c1. The highest BCUT2D eigenvalue weighted by Gasteiger charge is 2.21. The van der Waals surface area contributed by atoms with Gasteiger partial charge in [-0.25, -0.2) is 0 Å². The molecule has 2 rings (SSSR count). The van der Waals surface area contributed by atoms with Gasteiger partial charge in [0.2, 0.25) is 0 Å². The lowest BCUT2D eigenvalue weighted by atomic mass is 9.92. The average Bonchev–Trinajstić information content (AvgIpc) is 2.39. The van der Waals surface area contributed by atoms with Gasteiger partial charge >= 0.3 is 0 Å². The van der Waals surface area contributed by atoms with Crippen LogP contribution < -0.4 is 10.6 Å². The molecule has 18 heavy (non-hydrogen) atoms. The van der Waals surface area contributed by atoms with E-state index in [1.807, 2.05) is 31.2 Å². The summed E-state index contributed by atoms with van der Waals surface area (Å²) in [5.41, 5.74) is 1.88. The predicted molar refractivity (Wildman–Crippen MR) is 73.7 cm³/mol. The van der Waals surface area contributed by atoms with Crippen molar-refractivity contribution in [1.82, 2.24) is 10.6 Å². The molecule has 0 radical (unpaired) electrons. The molecule has 0 aliphatic carbocycles. The summed E-state index contributed by atoms with van der Waals surface area (Å²) in [6, 6.07) is 7.96. The Morgan fingerprint density at radius 3 is 3.00 bits per heavy atom. The number of amides is 1. The maximum atomic E-state index is 12.1. The fourth-order valence-corrected chi connectivity index (χ4v) is 2.50. The molecule has 2 unspecified atom stereocenters. The number of carbonyl (C=O) groups excluding carboxylic acids is 1. The summed E-state index contributed by atoms with van der Waals surface area (Å²) in [4.78, 5) is 12.1. The molecule has 1 aromatic carbocycles. The van der Waals surface area contributed by atoms with Crippen LogP contribution in [0.2, 0.25) is 0 Å². The lowest BCUT2D eigenvalue weighted by molar-refractivity contribution is 0.0922. The summed E-state index contributed by atoms with van der Waals surface area (Å²) in [6.45, 7) is 6.22. The molecule has 1 fully saturated rings. The van der Waals surface area contributed by atoms with E-state index >= 15 is 0 Å². The van der Waals surface area contributed by atoms with Crippen LogP contribution in [0.1, 0.15) is 35.7 Å². The number of benzene rings is 1. The minimum absolute atomic E-state index is 0.0387. The van der Waals surface area contributed by atoms with Crippen LogP contribution in [0.3, 0.4) is 0 Å². The third-order valence-corrected chi connectivity index (χ3v) is 3.68. The molecule has 1 aliphatic rings. The largest absolute Gasteiger partial charge is 0.349 e. The molecule has 2 atom stereocenters. The number of carbonyl (C=O) groups is 1. The normalized spacial score (nSPS) is 21.3. The van der Waals surface area contributed by atoms with Crippen LogP contribution in [-0.4, -0.2) is 25.0 Å². The van der Waals surface area contributed by atoms with E-state index in [-0.39, 0.29) is 11.9 Å². The van der Waals surface area contributed by atoms with E-state index in [4.69, 9.17) is 0 Å². The lowest BCUT2D eigenvalue weighted by Crippen LogP contribution is -2.44. The Bertz CT molecular complexity index is 411. The third kappa shape index (κ3) is 3.33. The standard InChI is InChI=1S/C15H22N2O/c1-11-5-3-6-13(9-11)15(18)17-12(2)14-7-4-8-16-10-14/h3,5-6,9,12,14,16H,4,7-8,10H2,1-2H3,(H,17,18). The monoisotopic (exact) mass is 246 g/mol. The highest BCUT2D eigenvalue weighted by atomic mass is 16.1. The van der Waals surface area contributed by atoms with Crippen molar-refractivity contribution in [3.05, 3.63) is 35.4 Å². The molecule has 0 spiro atoms. The van der Waals surface area contributed by atoms with Gasteiger partial charge in [0, 0.05) is 11.6 Å². The van der Waals surface area contributed by atoms with E-state index in [9.17, 15) is 4.79 Å². The van der Waals surface area contributed by atoms with Crippen molar-refractivity contribution in [3.8, 4) is 0 Å². The van der Waals surface area contributed by atoms with Gasteiger partial charge in [-0.2, -0.15) is 0 Å². The number of piperidine rings is 1. The maximum absolute atomic E-state index is 12.1. The van der Waals surface area contributed by atoms with Crippen LogP contribution in [0.4, 0.5) is 0 Å². The molecule has 3 nitrogen and oxygen atoms in total. The van der Waals surface area contributed by atoms with Gasteiger partial charge in [-0.15, -0.1) is 0 Å². The number of nitrogens with one attached hydrogen (secondary N) is 2. The Labute approximate surface area is 109 Å². The van der Waals surface area contributed by atoms with Gasteiger partial charge in [0.15, 0.2) is 0 Å². The van der Waals surface area contributed by atoms with Gasteiger partial charge in [-0.3, -0.25) is 4.79 Å². The van der Waals surface area contributed by atoms with Crippen molar-refractivity contribution in [3.63, 3.8) is 0 Å². The maximum Gasteiger partial charge on any atom is 0.251 e. The molecule has 0 bridgehead atoms. The molecule has 3 heteroatoms. The minimum atomic E-state index is 0.0387. The zero-order valence-corrected chi connectivity index (χ0v) is 11.2. The Kier molecular flexibility index (Phi) is 4.37. The summed E-state index contributed by atoms with van der Waals surface area (Å²) in [7, 11) is 0. The molecular weight excluding hydrogens is 224 g/mol. The van der Waals surface area contributed by atoms with E-state index in [2.05, 4.69) is 17.6 Å². The number of hydrogen-bond donors (Lipinski definition) is 2. The summed E-state index contributed by atoms with van der Waals surface area (Å²) < 4.78 is 0. The average molecular weight is 246 g/mol. The fourth-order valence-electron chi connectivity index (χ4n) is 2.50. The minimum Gasteiger partial charge on any atom is -0.349 e. The molecular formula is C15H22N2O. The van der Waals surface area contributed by atoms with Gasteiger partial charge in [0.1, 0.15) is 0 Å². The molecule has 1 saturated heterocycles. The second-order valence-electron chi connectivity index (χ2n) is 5.24. The Morgan fingerprint density at radius 2 is 2.33 bits per heavy atom. The Morgan fingerprint density at radius 1 is 1.50 bits per heavy atom. The zero-order valence-electron chi connectivity index (χ0n) is 11.2. The number of hydrogen-bond acceptors (Lipinski definition) is 2. The second-order valence-corrected chi connectivity index (χ2v) is 5.24. The molecule has 1 heterocycles. The van der Waals surface area contributed by atoms with Gasteiger partial charge in [0.05, 0.1) is 0 Å². The molecule has 2 N–H and O–H groups in total. The first kappa shape index (κ1) is 13.1. The smallest absolute Gasteiger partial charge is 0.251 e. The molecule has 0 saturated carbocycles. The van der Waals surface area contributed by atoms with E-state index in [0.29, 0.717) is 5.92 Å². The van der Waals surface area contributed by atoms with Crippen molar-refractivity contribution in [1.29, 1.82) is 0 Å². The van der Waals surface area contributed by atoms with Crippen molar-refractivity contribution in [2.45, 2.75) is 32.7 Å². The second kappa shape index (κ2) is 6.01. The molecule has 1 aromatic rings. The third-order valence-electron chi connectivity index (χ3n) is 3.68. The quantitative estimate of drug-likeness (QED) is 0.857. The van der Waals surface area contributed by atoms with E-state index in [1.54, 1.807) is 0 Å². The van der Waals surface area contributed by atoms with Crippen molar-refractivity contribution in [2.75, 3.05) is 13.1 Å². The highest BCUT2D eigenvalue weighted by molar-refractivity contribution is 5.94. The van der Waals surface area contributed by atoms with Gasteiger partial charge in [0.25, 0.3) is 5.91 Å². The molecule has 0 aromatic heterocycles. The van der Waals surface area contributed by atoms with Crippen LogP contribution in [0.25, 0.3) is 0 Å². The predicted octanol–water partition coefficient (Wildman–Crippen LogP) is 2.11. The van der Waals surface area contributed by atoms with Crippen LogP contribution >= 0.6 is 0 Å². The summed E-state index contributed by atoms with van der Waals surface area (Å²) in [6.07, 6.45) is 2.40. The number of aryl methyl sites for hydroxylation is 1. The van der Waals surface area contributed by atoms with E-state index in [0.717, 1.165) is 24.2 Å². The van der Waals surface area contributed by atoms with E-state index in [1.165, 1.54) is 12.8 Å². The molecule has 98 valence electrons. The number of rotatable bonds is 3. The van der Waals surface area contributed by atoms with Crippen LogP contribution in [-0.2, 0) is 0 Å². The topological polar surface area (TPSA) is 41.1 Å².